The second-order valence-electron chi connectivity index (χ2n) is 4.43. The molecule has 2 rings (SSSR count). The quantitative estimate of drug-likeness (QED) is 0.822. The SMILES string of the molecule is OCC1CCN(Cc2cc(F)c(F)cc2F)C1. The Morgan fingerprint density at radius 2 is 1.88 bits per heavy atom. The van der Waals surface area contributed by atoms with Crippen molar-refractivity contribution in [3.63, 3.8) is 0 Å². The van der Waals surface area contributed by atoms with Gasteiger partial charge in [-0.3, -0.25) is 4.90 Å². The molecule has 0 aliphatic carbocycles. The standard InChI is InChI=1S/C12H14F3NO/c13-10-4-12(15)11(14)3-9(10)6-16-2-1-8(5-16)7-17/h3-4,8,17H,1-2,5-7H2. The van der Waals surface area contributed by atoms with Crippen LogP contribution in [0.25, 0.3) is 0 Å². The topological polar surface area (TPSA) is 23.5 Å². The molecule has 0 radical (unpaired) electrons. The fourth-order valence-corrected chi connectivity index (χ4v) is 2.13. The fourth-order valence-electron chi connectivity index (χ4n) is 2.13. The van der Waals surface area contributed by atoms with E-state index in [0.29, 0.717) is 12.6 Å². The highest BCUT2D eigenvalue weighted by Crippen LogP contribution is 2.20. The van der Waals surface area contributed by atoms with Gasteiger partial charge in [0.25, 0.3) is 0 Å². The number of hydrogen-bond donors (Lipinski definition) is 1. The highest BCUT2D eigenvalue weighted by Gasteiger charge is 2.23. The van der Waals surface area contributed by atoms with Gasteiger partial charge >= 0.3 is 0 Å². The molecule has 1 aromatic rings. The van der Waals surface area contributed by atoms with E-state index in [-0.39, 0.29) is 24.6 Å². The number of likely N-dealkylation sites (tertiary alicyclic amines) is 1. The third-order valence-corrected chi connectivity index (χ3v) is 3.11. The number of hydrogen-bond acceptors (Lipinski definition) is 2. The number of halogens is 3. The highest BCUT2D eigenvalue weighted by molar-refractivity contribution is 5.20. The average molecular weight is 245 g/mol. The Morgan fingerprint density at radius 3 is 2.53 bits per heavy atom. The molecular formula is C12H14F3NO. The maximum absolute atomic E-state index is 13.4. The third kappa shape index (κ3) is 2.79. The van der Waals surface area contributed by atoms with Gasteiger partial charge in [0.05, 0.1) is 0 Å². The van der Waals surface area contributed by atoms with E-state index in [1.54, 1.807) is 0 Å². The van der Waals surface area contributed by atoms with Crippen molar-refractivity contribution in [2.75, 3.05) is 19.7 Å². The first-order valence-electron chi connectivity index (χ1n) is 5.56. The van der Waals surface area contributed by atoms with Crippen LogP contribution >= 0.6 is 0 Å². The van der Waals surface area contributed by atoms with Crippen LogP contribution in [0.3, 0.4) is 0 Å². The van der Waals surface area contributed by atoms with Crippen LogP contribution in [0.2, 0.25) is 0 Å². The highest BCUT2D eigenvalue weighted by atomic mass is 19.2. The third-order valence-electron chi connectivity index (χ3n) is 3.11. The predicted octanol–water partition coefficient (Wildman–Crippen LogP) is 1.92. The second-order valence-corrected chi connectivity index (χ2v) is 4.43. The number of rotatable bonds is 3. The zero-order valence-corrected chi connectivity index (χ0v) is 9.30. The van der Waals surface area contributed by atoms with Gasteiger partial charge in [-0.05, 0) is 24.9 Å². The molecule has 1 atom stereocenters. The Hall–Kier alpha value is -1.07. The van der Waals surface area contributed by atoms with E-state index in [0.717, 1.165) is 19.0 Å². The normalized spacial score (nSPS) is 21.1. The number of aliphatic hydroxyl groups is 1. The van der Waals surface area contributed by atoms with E-state index in [2.05, 4.69) is 0 Å². The summed E-state index contributed by atoms with van der Waals surface area (Å²) in [5.74, 6) is -2.72. The second kappa shape index (κ2) is 5.06. The van der Waals surface area contributed by atoms with Crippen LogP contribution < -0.4 is 0 Å². The van der Waals surface area contributed by atoms with Crippen LogP contribution in [0.4, 0.5) is 13.2 Å². The van der Waals surface area contributed by atoms with Gasteiger partial charge in [0, 0.05) is 31.3 Å². The summed E-state index contributed by atoms with van der Waals surface area (Å²) >= 11 is 0. The largest absolute Gasteiger partial charge is 0.396 e. The monoisotopic (exact) mass is 245 g/mol. The lowest BCUT2D eigenvalue weighted by Gasteiger charge is -2.16. The minimum Gasteiger partial charge on any atom is -0.396 e. The molecule has 1 unspecified atom stereocenters. The molecule has 1 fully saturated rings. The molecule has 0 saturated carbocycles. The van der Waals surface area contributed by atoms with Crippen molar-refractivity contribution >= 4 is 0 Å². The molecule has 1 saturated heterocycles. The predicted molar refractivity (Wildman–Crippen MR) is 56.8 cm³/mol. The van der Waals surface area contributed by atoms with Crippen molar-refractivity contribution in [3.8, 4) is 0 Å². The van der Waals surface area contributed by atoms with Gasteiger partial charge in [-0.15, -0.1) is 0 Å². The molecule has 2 nitrogen and oxygen atoms in total. The number of benzene rings is 1. The van der Waals surface area contributed by atoms with E-state index in [1.165, 1.54) is 0 Å². The van der Waals surface area contributed by atoms with E-state index in [1.807, 2.05) is 4.90 Å². The van der Waals surface area contributed by atoms with E-state index < -0.39 is 17.5 Å². The van der Waals surface area contributed by atoms with Crippen molar-refractivity contribution in [1.82, 2.24) is 4.90 Å². The van der Waals surface area contributed by atoms with Crippen molar-refractivity contribution in [1.29, 1.82) is 0 Å². The lowest BCUT2D eigenvalue weighted by Crippen LogP contribution is -2.21. The van der Waals surface area contributed by atoms with E-state index in [4.69, 9.17) is 5.11 Å². The van der Waals surface area contributed by atoms with Gasteiger partial charge in [0.2, 0.25) is 0 Å². The summed E-state index contributed by atoms with van der Waals surface area (Å²) in [5.41, 5.74) is 0.155. The zero-order valence-electron chi connectivity index (χ0n) is 9.30. The Labute approximate surface area is 97.7 Å². The summed E-state index contributed by atoms with van der Waals surface area (Å²) in [7, 11) is 0. The fraction of sp³-hybridized carbons (Fsp3) is 0.500. The molecule has 1 aliphatic heterocycles. The van der Waals surface area contributed by atoms with Crippen LogP contribution in [0.1, 0.15) is 12.0 Å². The smallest absolute Gasteiger partial charge is 0.161 e. The van der Waals surface area contributed by atoms with Gasteiger partial charge < -0.3 is 5.11 Å². The van der Waals surface area contributed by atoms with Gasteiger partial charge in [0.15, 0.2) is 11.6 Å². The summed E-state index contributed by atoms with van der Waals surface area (Å²) in [4.78, 5) is 1.93. The van der Waals surface area contributed by atoms with Gasteiger partial charge in [-0.25, -0.2) is 13.2 Å². The van der Waals surface area contributed by atoms with Crippen LogP contribution in [0, 0.1) is 23.4 Å². The lowest BCUT2D eigenvalue weighted by atomic mass is 10.1. The molecule has 5 heteroatoms. The first-order chi connectivity index (χ1) is 8.10. The molecule has 1 aromatic carbocycles. The molecule has 1 N–H and O–H groups in total. The Morgan fingerprint density at radius 1 is 1.18 bits per heavy atom. The van der Waals surface area contributed by atoms with Gasteiger partial charge in [-0.1, -0.05) is 0 Å². The summed E-state index contributed by atoms with van der Waals surface area (Å²) in [6.45, 7) is 1.76. The van der Waals surface area contributed by atoms with Crippen molar-refractivity contribution < 1.29 is 18.3 Å². The van der Waals surface area contributed by atoms with Crippen LogP contribution in [0.15, 0.2) is 12.1 Å². The van der Waals surface area contributed by atoms with Gasteiger partial charge in [-0.2, -0.15) is 0 Å². The molecule has 1 heterocycles. The zero-order chi connectivity index (χ0) is 12.4. The first-order valence-corrected chi connectivity index (χ1v) is 5.56. The van der Waals surface area contributed by atoms with Crippen molar-refractivity contribution in [2.45, 2.75) is 13.0 Å². The molecular weight excluding hydrogens is 231 g/mol. The first kappa shape index (κ1) is 12.4. The Kier molecular flexibility index (Phi) is 3.69. The van der Waals surface area contributed by atoms with E-state index in [9.17, 15) is 13.2 Å². The Bertz CT molecular complexity index is 411. The lowest BCUT2D eigenvalue weighted by molar-refractivity contribution is 0.219. The van der Waals surface area contributed by atoms with Crippen LogP contribution in [-0.2, 0) is 6.54 Å². The summed E-state index contributed by atoms with van der Waals surface area (Å²) in [6, 6.07) is 1.47. The molecule has 1 aliphatic rings. The molecule has 0 bridgehead atoms. The maximum Gasteiger partial charge on any atom is 0.161 e. The number of aliphatic hydroxyl groups excluding tert-OH is 1. The molecule has 0 amide bonds. The van der Waals surface area contributed by atoms with Crippen LogP contribution in [-0.4, -0.2) is 29.7 Å². The van der Waals surface area contributed by atoms with Crippen molar-refractivity contribution in [3.05, 3.63) is 35.1 Å². The summed E-state index contributed by atoms with van der Waals surface area (Å²) < 4.78 is 39.1. The minimum absolute atomic E-state index is 0.108. The van der Waals surface area contributed by atoms with Gasteiger partial charge in [0.1, 0.15) is 5.82 Å². The minimum atomic E-state index is -1.17. The molecule has 17 heavy (non-hydrogen) atoms. The average Bonchev–Trinajstić information content (AvgIpc) is 2.73. The Balaban J connectivity index is 2.06. The molecule has 94 valence electrons. The maximum atomic E-state index is 13.4. The summed E-state index contributed by atoms with van der Waals surface area (Å²) in [6.07, 6.45) is 0.849. The van der Waals surface area contributed by atoms with E-state index >= 15 is 0 Å². The number of nitrogens with zero attached hydrogens (tertiary/aromatic N) is 1. The molecule has 0 aromatic heterocycles. The molecule has 0 spiro atoms. The summed E-state index contributed by atoms with van der Waals surface area (Å²) in [5, 5.41) is 8.97. The van der Waals surface area contributed by atoms with Crippen molar-refractivity contribution in [2.24, 2.45) is 5.92 Å². The van der Waals surface area contributed by atoms with Crippen LogP contribution in [0.5, 0.6) is 0 Å².